The Balaban J connectivity index is 1.77. The van der Waals surface area contributed by atoms with Crippen molar-refractivity contribution in [3.05, 3.63) is 101 Å². The average molecular weight is 386 g/mol. The zero-order chi connectivity index (χ0) is 20.0. The van der Waals surface area contributed by atoms with Crippen LogP contribution >= 0.6 is 0 Å². The number of carbonyl (C=O) groups is 1. The lowest BCUT2D eigenvalue weighted by Crippen LogP contribution is -2.30. The van der Waals surface area contributed by atoms with E-state index in [4.69, 9.17) is 4.74 Å². The van der Waals surface area contributed by atoms with E-state index in [1.54, 1.807) is 24.4 Å². The first-order chi connectivity index (χ1) is 13.4. The molecule has 7 heteroatoms. The molecule has 3 rings (SSSR count). The normalized spacial score (nSPS) is 12.2. The second-order valence-electron chi connectivity index (χ2n) is 6.01. The Hall–Kier alpha value is -3.35. The zero-order valence-corrected chi connectivity index (χ0v) is 14.7. The topological polar surface area (TPSA) is 51.2 Å². The first-order valence-corrected chi connectivity index (χ1v) is 8.49. The van der Waals surface area contributed by atoms with Crippen LogP contribution in [0.5, 0.6) is 0 Å². The van der Waals surface area contributed by atoms with Gasteiger partial charge in [-0.15, -0.1) is 0 Å². The number of nitrogens with one attached hydrogen (secondary N) is 1. The van der Waals surface area contributed by atoms with Gasteiger partial charge >= 0.3 is 12.3 Å². The van der Waals surface area contributed by atoms with E-state index >= 15 is 0 Å². The molecule has 0 aliphatic heterocycles. The molecule has 0 aliphatic carbocycles. The molecule has 1 aromatic heterocycles. The minimum Gasteiger partial charge on any atom is -0.445 e. The molecule has 144 valence electrons. The Morgan fingerprint density at radius 3 is 2.25 bits per heavy atom. The highest BCUT2D eigenvalue weighted by Gasteiger charge is 2.30. The Bertz CT molecular complexity index is 898. The van der Waals surface area contributed by atoms with Crippen molar-refractivity contribution in [2.75, 3.05) is 0 Å². The van der Waals surface area contributed by atoms with Crippen molar-refractivity contribution in [1.82, 2.24) is 10.3 Å². The van der Waals surface area contributed by atoms with Crippen LogP contribution in [0.3, 0.4) is 0 Å². The van der Waals surface area contributed by atoms with E-state index in [0.29, 0.717) is 11.3 Å². The summed E-state index contributed by atoms with van der Waals surface area (Å²) in [5, 5.41) is 2.67. The molecule has 3 aromatic rings. The summed E-state index contributed by atoms with van der Waals surface area (Å²) in [4.78, 5) is 16.5. The van der Waals surface area contributed by atoms with Crippen LogP contribution in [-0.4, -0.2) is 11.1 Å². The highest BCUT2D eigenvalue weighted by Crippen LogP contribution is 2.30. The van der Waals surface area contributed by atoms with Crippen molar-refractivity contribution in [2.45, 2.75) is 18.8 Å². The summed E-state index contributed by atoms with van der Waals surface area (Å²) in [6.45, 7) is 0.0780. The zero-order valence-electron chi connectivity index (χ0n) is 14.7. The number of amides is 1. The molecular formula is C21H17F3N2O2. The van der Waals surface area contributed by atoms with Gasteiger partial charge in [0, 0.05) is 6.20 Å². The Kier molecular flexibility index (Phi) is 5.93. The molecule has 0 spiro atoms. The minimum absolute atomic E-state index is 0.0780. The van der Waals surface area contributed by atoms with Gasteiger partial charge in [0.2, 0.25) is 0 Å². The summed E-state index contributed by atoms with van der Waals surface area (Å²) in [7, 11) is 0. The van der Waals surface area contributed by atoms with Gasteiger partial charge in [-0.3, -0.25) is 4.98 Å². The third-order valence-electron chi connectivity index (χ3n) is 4.03. The second-order valence-corrected chi connectivity index (χ2v) is 6.01. The molecule has 1 amide bonds. The second kappa shape index (κ2) is 8.56. The van der Waals surface area contributed by atoms with Crippen molar-refractivity contribution in [2.24, 2.45) is 0 Å². The van der Waals surface area contributed by atoms with Gasteiger partial charge in [0.25, 0.3) is 0 Å². The van der Waals surface area contributed by atoms with E-state index in [0.717, 1.165) is 17.7 Å². The van der Waals surface area contributed by atoms with Gasteiger partial charge in [-0.25, -0.2) is 4.79 Å². The van der Waals surface area contributed by atoms with E-state index in [-0.39, 0.29) is 6.61 Å². The quantitative estimate of drug-likeness (QED) is 0.662. The Morgan fingerprint density at radius 2 is 1.64 bits per heavy atom. The number of benzene rings is 2. The van der Waals surface area contributed by atoms with Gasteiger partial charge in [-0.05, 0) is 35.4 Å². The third kappa shape index (κ3) is 5.09. The van der Waals surface area contributed by atoms with Crippen LogP contribution in [-0.2, 0) is 17.5 Å². The van der Waals surface area contributed by atoms with Gasteiger partial charge < -0.3 is 10.1 Å². The van der Waals surface area contributed by atoms with E-state index in [1.165, 1.54) is 12.1 Å². The van der Waals surface area contributed by atoms with Crippen LogP contribution in [0, 0.1) is 0 Å². The third-order valence-corrected chi connectivity index (χ3v) is 4.03. The Labute approximate surface area is 160 Å². The summed E-state index contributed by atoms with van der Waals surface area (Å²) in [5.74, 6) is 0. The van der Waals surface area contributed by atoms with Gasteiger partial charge in [-0.1, -0.05) is 48.5 Å². The lowest BCUT2D eigenvalue weighted by molar-refractivity contribution is -0.137. The smallest absolute Gasteiger partial charge is 0.416 e. The number of rotatable bonds is 5. The lowest BCUT2D eigenvalue weighted by Gasteiger charge is -2.19. The highest BCUT2D eigenvalue weighted by molar-refractivity contribution is 5.68. The fourth-order valence-corrected chi connectivity index (χ4v) is 2.62. The van der Waals surface area contributed by atoms with Crippen LogP contribution in [0.4, 0.5) is 18.0 Å². The molecule has 0 saturated carbocycles. The molecular weight excluding hydrogens is 369 g/mol. The number of alkyl carbamates (subject to hydrolysis) is 1. The number of hydrogen-bond donors (Lipinski definition) is 1. The molecule has 1 atom stereocenters. The first-order valence-electron chi connectivity index (χ1n) is 8.49. The van der Waals surface area contributed by atoms with E-state index in [1.807, 2.05) is 30.3 Å². The molecule has 1 N–H and O–H groups in total. The largest absolute Gasteiger partial charge is 0.445 e. The molecule has 0 aliphatic rings. The van der Waals surface area contributed by atoms with E-state index in [9.17, 15) is 18.0 Å². The van der Waals surface area contributed by atoms with Crippen molar-refractivity contribution < 1.29 is 22.7 Å². The van der Waals surface area contributed by atoms with Crippen molar-refractivity contribution in [1.29, 1.82) is 0 Å². The molecule has 0 saturated heterocycles. The first kappa shape index (κ1) is 19.4. The molecule has 1 heterocycles. The van der Waals surface area contributed by atoms with Crippen molar-refractivity contribution in [3.8, 4) is 0 Å². The van der Waals surface area contributed by atoms with Crippen LogP contribution in [0.25, 0.3) is 0 Å². The number of carbonyl (C=O) groups excluding carboxylic acids is 1. The number of alkyl halides is 3. The predicted molar refractivity (Wildman–Crippen MR) is 97.3 cm³/mol. The van der Waals surface area contributed by atoms with Crippen LogP contribution < -0.4 is 5.32 Å². The summed E-state index contributed by atoms with van der Waals surface area (Å²) in [6, 6.07) is 18.1. The fraction of sp³-hybridized carbons (Fsp3) is 0.143. The summed E-state index contributed by atoms with van der Waals surface area (Å²) in [6.07, 6.45) is -3.58. The maximum Gasteiger partial charge on any atom is 0.416 e. The summed E-state index contributed by atoms with van der Waals surface area (Å²) < 4.78 is 43.7. The van der Waals surface area contributed by atoms with Crippen LogP contribution in [0.1, 0.15) is 28.4 Å². The van der Waals surface area contributed by atoms with Crippen molar-refractivity contribution >= 4 is 6.09 Å². The number of ether oxygens (including phenoxy) is 1. The molecule has 28 heavy (non-hydrogen) atoms. The van der Waals surface area contributed by atoms with Crippen molar-refractivity contribution in [3.63, 3.8) is 0 Å². The number of aromatic nitrogens is 1. The number of halogens is 3. The highest BCUT2D eigenvalue weighted by atomic mass is 19.4. The predicted octanol–water partition coefficient (Wildman–Crippen LogP) is 5.12. The van der Waals surface area contributed by atoms with Gasteiger partial charge in [0.1, 0.15) is 6.61 Å². The minimum atomic E-state index is -4.43. The van der Waals surface area contributed by atoms with Gasteiger partial charge in [-0.2, -0.15) is 13.2 Å². The fourth-order valence-electron chi connectivity index (χ4n) is 2.62. The maximum absolute atomic E-state index is 12.8. The lowest BCUT2D eigenvalue weighted by atomic mass is 10.0. The Morgan fingerprint density at radius 1 is 0.964 bits per heavy atom. The molecule has 0 fully saturated rings. The van der Waals surface area contributed by atoms with Gasteiger partial charge in [0.15, 0.2) is 0 Å². The molecule has 0 unspecified atom stereocenters. The standard InChI is InChI=1S/C21H17F3N2O2/c22-21(23,24)17-11-9-16(10-12-17)19(18-8-4-5-13-25-18)26-20(27)28-14-15-6-2-1-3-7-15/h1-13,19H,14H2,(H,26,27)/t19-/m0/s1. The van der Waals surface area contributed by atoms with E-state index in [2.05, 4.69) is 10.3 Å². The van der Waals surface area contributed by atoms with Crippen LogP contribution in [0.15, 0.2) is 79.0 Å². The molecule has 4 nitrogen and oxygen atoms in total. The summed E-state index contributed by atoms with van der Waals surface area (Å²) in [5.41, 5.74) is 1.01. The molecule has 2 aromatic carbocycles. The average Bonchev–Trinajstić information content (AvgIpc) is 2.71. The molecule has 0 bridgehead atoms. The molecule has 0 radical (unpaired) electrons. The number of hydrogen-bond acceptors (Lipinski definition) is 3. The maximum atomic E-state index is 12.8. The SMILES string of the molecule is O=C(N[C@@H](c1ccc(C(F)(F)F)cc1)c1ccccn1)OCc1ccccc1. The summed E-state index contributed by atoms with van der Waals surface area (Å²) >= 11 is 0. The van der Waals surface area contributed by atoms with Gasteiger partial charge in [0.05, 0.1) is 17.3 Å². The number of nitrogens with zero attached hydrogens (tertiary/aromatic N) is 1. The van der Waals surface area contributed by atoms with E-state index < -0.39 is 23.9 Å². The monoisotopic (exact) mass is 386 g/mol. The van der Waals surface area contributed by atoms with Crippen LogP contribution in [0.2, 0.25) is 0 Å². The number of pyridine rings is 1.